The van der Waals surface area contributed by atoms with E-state index in [4.69, 9.17) is 23.2 Å². The topological polar surface area (TPSA) is 0 Å². The summed E-state index contributed by atoms with van der Waals surface area (Å²) in [6.07, 6.45) is 0. The van der Waals surface area contributed by atoms with Gasteiger partial charge in [0, 0.05) is 0 Å². The monoisotopic (exact) mass is 306 g/mol. The second-order valence-corrected chi connectivity index (χ2v) is 7.25. The molecule has 0 saturated heterocycles. The molecule has 2 unspecified atom stereocenters. The van der Waals surface area contributed by atoms with Crippen LogP contribution in [0.15, 0.2) is 48.5 Å². The van der Waals surface area contributed by atoms with E-state index >= 15 is 0 Å². The van der Waals surface area contributed by atoms with E-state index in [0.29, 0.717) is 0 Å². The van der Waals surface area contributed by atoms with Crippen LogP contribution in [0.25, 0.3) is 0 Å². The molecule has 2 aromatic carbocycles. The summed E-state index contributed by atoms with van der Waals surface area (Å²) in [5, 5.41) is 0. The average molecular weight is 307 g/mol. The summed E-state index contributed by atoms with van der Waals surface area (Å²) >= 11 is 13.7. The van der Waals surface area contributed by atoms with Gasteiger partial charge in [0.2, 0.25) is 0 Å². The van der Waals surface area contributed by atoms with E-state index in [1.807, 2.05) is 13.8 Å². The predicted octanol–water partition coefficient (Wildman–Crippen LogP) is 5.91. The van der Waals surface area contributed by atoms with Crippen LogP contribution in [-0.4, -0.2) is 0 Å². The van der Waals surface area contributed by atoms with Crippen LogP contribution in [-0.2, 0) is 9.75 Å². The predicted molar refractivity (Wildman–Crippen MR) is 88.8 cm³/mol. The highest BCUT2D eigenvalue weighted by atomic mass is 35.5. The van der Waals surface area contributed by atoms with E-state index in [1.165, 1.54) is 11.1 Å². The van der Waals surface area contributed by atoms with Crippen molar-refractivity contribution in [1.29, 1.82) is 0 Å². The highest BCUT2D eigenvalue weighted by Gasteiger charge is 2.44. The van der Waals surface area contributed by atoms with Crippen LogP contribution in [0.4, 0.5) is 0 Å². The molecule has 0 aliphatic heterocycles. The largest absolute Gasteiger partial charge is 0.112 e. The van der Waals surface area contributed by atoms with Crippen molar-refractivity contribution >= 4 is 23.2 Å². The van der Waals surface area contributed by atoms with Gasteiger partial charge in [0.05, 0.1) is 9.75 Å². The van der Waals surface area contributed by atoms with Crippen molar-refractivity contribution in [3.05, 3.63) is 70.8 Å². The Morgan fingerprint density at radius 3 is 1.10 bits per heavy atom. The summed E-state index contributed by atoms with van der Waals surface area (Å²) in [6, 6.07) is 16.5. The first kappa shape index (κ1) is 15.4. The molecule has 0 radical (unpaired) electrons. The maximum Gasteiger partial charge on any atom is 0.0896 e. The number of benzene rings is 2. The first-order valence-electron chi connectivity index (χ1n) is 6.77. The molecule has 106 valence electrons. The Balaban J connectivity index is 2.45. The minimum atomic E-state index is -0.683. The molecule has 2 rings (SSSR count). The summed E-state index contributed by atoms with van der Waals surface area (Å²) in [5.74, 6) is 0. The smallest absolute Gasteiger partial charge is 0.0896 e. The molecule has 2 atom stereocenters. The number of aryl methyl sites for hydroxylation is 2. The zero-order chi connectivity index (χ0) is 15.0. The normalized spacial score (nSPS) is 17.3. The third-order valence-corrected chi connectivity index (χ3v) is 5.36. The fourth-order valence-electron chi connectivity index (χ4n) is 2.28. The fourth-order valence-corrected chi connectivity index (χ4v) is 2.75. The molecular formula is C18H20Cl2. The van der Waals surface area contributed by atoms with Gasteiger partial charge in [-0.2, -0.15) is 0 Å². The van der Waals surface area contributed by atoms with E-state index in [0.717, 1.165) is 11.1 Å². The zero-order valence-electron chi connectivity index (χ0n) is 12.4. The molecule has 0 saturated carbocycles. The van der Waals surface area contributed by atoms with Crippen molar-refractivity contribution in [3.63, 3.8) is 0 Å². The van der Waals surface area contributed by atoms with Gasteiger partial charge in [0.25, 0.3) is 0 Å². The van der Waals surface area contributed by atoms with Gasteiger partial charge in [-0.25, -0.2) is 0 Å². The van der Waals surface area contributed by atoms with Gasteiger partial charge in [0.15, 0.2) is 0 Å². The summed E-state index contributed by atoms with van der Waals surface area (Å²) in [4.78, 5) is -1.37. The van der Waals surface area contributed by atoms with Crippen molar-refractivity contribution in [2.24, 2.45) is 0 Å². The van der Waals surface area contributed by atoms with Crippen LogP contribution in [0.2, 0.25) is 0 Å². The molecule has 20 heavy (non-hydrogen) atoms. The second-order valence-electron chi connectivity index (χ2n) is 5.74. The summed E-state index contributed by atoms with van der Waals surface area (Å²) in [5.41, 5.74) is 4.49. The zero-order valence-corrected chi connectivity index (χ0v) is 13.9. The molecule has 0 fully saturated rings. The molecule has 0 amide bonds. The van der Waals surface area contributed by atoms with Crippen molar-refractivity contribution in [1.82, 2.24) is 0 Å². The van der Waals surface area contributed by atoms with Crippen molar-refractivity contribution < 1.29 is 0 Å². The van der Waals surface area contributed by atoms with E-state index in [-0.39, 0.29) is 0 Å². The molecule has 0 spiro atoms. The van der Waals surface area contributed by atoms with E-state index in [2.05, 4.69) is 62.4 Å². The van der Waals surface area contributed by atoms with Crippen LogP contribution in [0.5, 0.6) is 0 Å². The fraction of sp³-hybridized carbons (Fsp3) is 0.333. The molecule has 0 nitrogen and oxygen atoms in total. The number of halogens is 2. The molecule has 0 N–H and O–H groups in total. The van der Waals surface area contributed by atoms with Gasteiger partial charge in [-0.05, 0) is 38.8 Å². The Morgan fingerprint density at radius 2 is 0.850 bits per heavy atom. The molecular weight excluding hydrogens is 287 g/mol. The van der Waals surface area contributed by atoms with Crippen LogP contribution in [0, 0.1) is 13.8 Å². The Bertz CT molecular complexity index is 522. The lowest BCUT2D eigenvalue weighted by Gasteiger charge is -2.38. The molecule has 2 aromatic rings. The first-order valence-corrected chi connectivity index (χ1v) is 7.53. The van der Waals surface area contributed by atoms with Crippen LogP contribution >= 0.6 is 23.2 Å². The maximum atomic E-state index is 6.85. The standard InChI is InChI=1S/C18H20Cl2/c1-13-5-9-15(10-6-13)17(3,19)18(4,20)16-11-7-14(2)8-12-16/h5-12H,1-4H3. The van der Waals surface area contributed by atoms with Crippen molar-refractivity contribution in [2.45, 2.75) is 37.4 Å². The number of alkyl halides is 2. The Morgan fingerprint density at radius 1 is 0.600 bits per heavy atom. The third-order valence-electron chi connectivity index (χ3n) is 4.07. The Kier molecular flexibility index (Phi) is 4.18. The lowest BCUT2D eigenvalue weighted by atomic mass is 9.82. The quantitative estimate of drug-likeness (QED) is 0.618. The van der Waals surface area contributed by atoms with Gasteiger partial charge >= 0.3 is 0 Å². The van der Waals surface area contributed by atoms with E-state index in [1.54, 1.807) is 0 Å². The van der Waals surface area contributed by atoms with Gasteiger partial charge in [0.1, 0.15) is 0 Å². The highest BCUT2D eigenvalue weighted by Crippen LogP contribution is 2.50. The SMILES string of the molecule is Cc1ccc(C(C)(Cl)C(C)(Cl)c2ccc(C)cc2)cc1. The summed E-state index contributed by atoms with van der Waals surface area (Å²) < 4.78 is 0. The lowest BCUT2D eigenvalue weighted by Crippen LogP contribution is -2.36. The third kappa shape index (κ3) is 2.73. The van der Waals surface area contributed by atoms with E-state index in [9.17, 15) is 0 Å². The van der Waals surface area contributed by atoms with Crippen LogP contribution < -0.4 is 0 Å². The van der Waals surface area contributed by atoms with Gasteiger partial charge < -0.3 is 0 Å². The first-order chi connectivity index (χ1) is 9.25. The Hall–Kier alpha value is -0.980. The lowest BCUT2D eigenvalue weighted by molar-refractivity contribution is 0.493. The van der Waals surface area contributed by atoms with Gasteiger partial charge in [-0.15, -0.1) is 23.2 Å². The molecule has 0 heterocycles. The van der Waals surface area contributed by atoms with Gasteiger partial charge in [-0.1, -0.05) is 59.7 Å². The summed E-state index contributed by atoms with van der Waals surface area (Å²) in [7, 11) is 0. The molecule has 0 aliphatic carbocycles. The van der Waals surface area contributed by atoms with Crippen LogP contribution in [0.3, 0.4) is 0 Å². The highest BCUT2D eigenvalue weighted by molar-refractivity contribution is 6.34. The molecule has 0 aliphatic rings. The molecule has 0 bridgehead atoms. The Labute approximate surface area is 131 Å². The van der Waals surface area contributed by atoms with E-state index < -0.39 is 9.75 Å². The minimum Gasteiger partial charge on any atom is -0.112 e. The van der Waals surface area contributed by atoms with Crippen LogP contribution in [0.1, 0.15) is 36.1 Å². The maximum absolute atomic E-state index is 6.85. The number of hydrogen-bond donors (Lipinski definition) is 0. The van der Waals surface area contributed by atoms with Crippen molar-refractivity contribution in [2.75, 3.05) is 0 Å². The second kappa shape index (κ2) is 5.42. The summed E-state index contributed by atoms with van der Waals surface area (Å²) in [6.45, 7) is 8.09. The number of rotatable bonds is 3. The van der Waals surface area contributed by atoms with Gasteiger partial charge in [-0.3, -0.25) is 0 Å². The molecule has 2 heteroatoms. The molecule has 0 aromatic heterocycles. The minimum absolute atomic E-state index is 0.683. The van der Waals surface area contributed by atoms with Crippen molar-refractivity contribution in [3.8, 4) is 0 Å². The number of hydrogen-bond acceptors (Lipinski definition) is 0. The average Bonchev–Trinajstić information content (AvgIpc) is 2.39.